The Kier molecular flexibility index (Phi) is 4.34. The van der Waals surface area contributed by atoms with Crippen LogP contribution in [0.25, 0.3) is 0 Å². The van der Waals surface area contributed by atoms with Gasteiger partial charge in [-0.15, -0.1) is 0 Å². The molecule has 2 aromatic rings. The fourth-order valence-corrected chi connectivity index (χ4v) is 4.12. The summed E-state index contributed by atoms with van der Waals surface area (Å²) in [5, 5.41) is 0. The number of hydrogen-bond acceptors (Lipinski definition) is 3. The molecule has 0 bridgehead atoms. The van der Waals surface area contributed by atoms with Crippen LogP contribution in [0.15, 0.2) is 40.9 Å². The largest absolute Gasteiger partial charge is 0.334 e. The topological polar surface area (TPSA) is 57.7 Å². The van der Waals surface area contributed by atoms with Crippen LogP contribution in [-0.2, 0) is 11.2 Å². The minimum atomic E-state index is -0.472. The van der Waals surface area contributed by atoms with E-state index in [2.05, 4.69) is 15.9 Å². The lowest BCUT2D eigenvalue weighted by molar-refractivity contribution is -0.134. The van der Waals surface area contributed by atoms with Crippen molar-refractivity contribution in [3.8, 4) is 0 Å². The normalized spacial score (nSPS) is 18.6. The first kappa shape index (κ1) is 17.9. The molecule has 4 rings (SSSR count). The lowest BCUT2D eigenvalue weighted by Gasteiger charge is -2.36. The molecule has 5 nitrogen and oxygen atoms in total. The van der Waals surface area contributed by atoms with Crippen LogP contribution in [0.5, 0.6) is 0 Å². The standard InChI is InChI=1S/C20H16BrFN2O3/c1-11-16-9-14(22)4-2-12(16)6-7-23(11)18(25)10-24-19(26)15-5-3-13(21)8-17(15)20(24)27/h2-5,8-9,11H,6-7,10H2,1H3. The zero-order chi connectivity index (χ0) is 19.3. The van der Waals surface area contributed by atoms with Crippen molar-refractivity contribution < 1.29 is 18.8 Å². The summed E-state index contributed by atoms with van der Waals surface area (Å²) in [7, 11) is 0. The van der Waals surface area contributed by atoms with Gasteiger partial charge in [0.25, 0.3) is 11.8 Å². The van der Waals surface area contributed by atoms with E-state index in [0.29, 0.717) is 28.6 Å². The van der Waals surface area contributed by atoms with Crippen molar-refractivity contribution in [2.24, 2.45) is 0 Å². The fraction of sp³-hybridized carbons (Fsp3) is 0.250. The van der Waals surface area contributed by atoms with E-state index < -0.39 is 11.8 Å². The summed E-state index contributed by atoms with van der Waals surface area (Å²) in [6.45, 7) is 1.97. The molecule has 3 amide bonds. The first-order valence-electron chi connectivity index (χ1n) is 8.60. The van der Waals surface area contributed by atoms with E-state index in [-0.39, 0.29) is 24.3 Å². The van der Waals surface area contributed by atoms with Crippen LogP contribution in [0.1, 0.15) is 44.8 Å². The predicted molar refractivity (Wildman–Crippen MR) is 99.7 cm³/mol. The Balaban J connectivity index is 1.55. The van der Waals surface area contributed by atoms with Gasteiger partial charge >= 0.3 is 0 Å². The highest BCUT2D eigenvalue weighted by atomic mass is 79.9. The monoisotopic (exact) mass is 430 g/mol. The lowest BCUT2D eigenvalue weighted by atomic mass is 9.93. The number of rotatable bonds is 2. The molecule has 0 saturated heterocycles. The fourth-order valence-electron chi connectivity index (χ4n) is 3.76. The van der Waals surface area contributed by atoms with Crippen LogP contribution >= 0.6 is 15.9 Å². The van der Waals surface area contributed by atoms with Gasteiger partial charge in [-0.05, 0) is 54.8 Å². The number of hydrogen-bond donors (Lipinski definition) is 0. The molecule has 1 unspecified atom stereocenters. The van der Waals surface area contributed by atoms with E-state index in [1.165, 1.54) is 12.1 Å². The number of nitrogens with zero attached hydrogens (tertiary/aromatic N) is 2. The third-order valence-electron chi connectivity index (χ3n) is 5.19. The number of carbonyl (C=O) groups is 3. The maximum absolute atomic E-state index is 13.6. The van der Waals surface area contributed by atoms with Crippen molar-refractivity contribution in [2.45, 2.75) is 19.4 Å². The molecule has 2 aliphatic rings. The maximum atomic E-state index is 13.6. The van der Waals surface area contributed by atoms with Gasteiger partial charge in [-0.2, -0.15) is 0 Å². The number of benzene rings is 2. The summed E-state index contributed by atoms with van der Waals surface area (Å²) < 4.78 is 14.3. The van der Waals surface area contributed by atoms with Crippen LogP contribution in [0, 0.1) is 5.82 Å². The van der Waals surface area contributed by atoms with Gasteiger partial charge in [0.2, 0.25) is 5.91 Å². The molecule has 1 atom stereocenters. The van der Waals surface area contributed by atoms with Crippen LogP contribution in [0.4, 0.5) is 4.39 Å². The van der Waals surface area contributed by atoms with Gasteiger partial charge in [0, 0.05) is 11.0 Å². The molecule has 138 valence electrons. The number of carbonyl (C=O) groups excluding carboxylic acids is 3. The van der Waals surface area contributed by atoms with Gasteiger partial charge in [0.05, 0.1) is 17.2 Å². The molecule has 0 radical (unpaired) electrons. The summed E-state index contributed by atoms with van der Waals surface area (Å²) in [5.41, 5.74) is 2.37. The van der Waals surface area contributed by atoms with Crippen molar-refractivity contribution in [3.63, 3.8) is 0 Å². The highest BCUT2D eigenvalue weighted by Crippen LogP contribution is 2.31. The average Bonchev–Trinajstić information content (AvgIpc) is 2.87. The summed E-state index contributed by atoms with van der Waals surface area (Å²) in [5.74, 6) is -1.61. The van der Waals surface area contributed by atoms with Crippen molar-refractivity contribution in [2.75, 3.05) is 13.1 Å². The van der Waals surface area contributed by atoms with E-state index in [9.17, 15) is 18.8 Å². The van der Waals surface area contributed by atoms with Gasteiger partial charge in [-0.3, -0.25) is 19.3 Å². The Hall–Kier alpha value is -2.54. The Morgan fingerprint density at radius 2 is 1.89 bits per heavy atom. The summed E-state index contributed by atoms with van der Waals surface area (Å²) in [4.78, 5) is 40.5. The van der Waals surface area contributed by atoms with Crippen LogP contribution in [-0.4, -0.2) is 40.6 Å². The van der Waals surface area contributed by atoms with E-state index in [1.54, 1.807) is 29.2 Å². The molecule has 27 heavy (non-hydrogen) atoms. The molecular weight excluding hydrogens is 415 g/mol. The maximum Gasteiger partial charge on any atom is 0.262 e. The number of imide groups is 1. The van der Waals surface area contributed by atoms with Gasteiger partial charge in [0.1, 0.15) is 12.4 Å². The van der Waals surface area contributed by atoms with E-state index in [0.717, 1.165) is 16.0 Å². The lowest BCUT2D eigenvalue weighted by Crippen LogP contribution is -2.46. The quantitative estimate of drug-likeness (QED) is 0.686. The van der Waals surface area contributed by atoms with Gasteiger partial charge in [-0.25, -0.2) is 4.39 Å². The molecular formula is C20H16BrFN2O3. The van der Waals surface area contributed by atoms with Crippen molar-refractivity contribution in [3.05, 3.63) is 68.9 Å². The van der Waals surface area contributed by atoms with Crippen molar-refractivity contribution in [1.82, 2.24) is 9.80 Å². The van der Waals surface area contributed by atoms with E-state index in [4.69, 9.17) is 0 Å². The first-order chi connectivity index (χ1) is 12.9. The highest BCUT2D eigenvalue weighted by Gasteiger charge is 2.38. The van der Waals surface area contributed by atoms with E-state index in [1.807, 2.05) is 6.92 Å². The zero-order valence-electron chi connectivity index (χ0n) is 14.5. The molecule has 0 aromatic heterocycles. The Bertz CT molecular complexity index is 991. The summed E-state index contributed by atoms with van der Waals surface area (Å²) >= 11 is 3.29. The number of amides is 3. The zero-order valence-corrected chi connectivity index (χ0v) is 16.1. The van der Waals surface area contributed by atoms with Gasteiger partial charge in [0.15, 0.2) is 0 Å². The SMILES string of the molecule is CC1c2cc(F)ccc2CCN1C(=O)CN1C(=O)c2ccc(Br)cc2C1=O. The summed E-state index contributed by atoms with van der Waals surface area (Å²) in [6, 6.07) is 9.13. The molecule has 2 aliphatic heterocycles. The Morgan fingerprint density at radius 3 is 2.67 bits per heavy atom. The van der Waals surface area contributed by atoms with Gasteiger partial charge < -0.3 is 4.90 Å². The molecule has 7 heteroatoms. The number of halogens is 2. The van der Waals surface area contributed by atoms with Crippen LogP contribution in [0.3, 0.4) is 0 Å². The smallest absolute Gasteiger partial charge is 0.262 e. The van der Waals surface area contributed by atoms with Crippen LogP contribution in [0.2, 0.25) is 0 Å². The number of fused-ring (bicyclic) bond motifs is 2. The van der Waals surface area contributed by atoms with Crippen molar-refractivity contribution in [1.29, 1.82) is 0 Å². The molecule has 0 saturated carbocycles. The molecule has 2 heterocycles. The molecule has 2 aromatic carbocycles. The third-order valence-corrected chi connectivity index (χ3v) is 5.69. The Morgan fingerprint density at radius 1 is 1.15 bits per heavy atom. The minimum Gasteiger partial charge on any atom is -0.334 e. The molecule has 0 N–H and O–H groups in total. The second-order valence-electron chi connectivity index (χ2n) is 6.74. The third kappa shape index (κ3) is 2.96. The molecule has 0 fully saturated rings. The molecule has 0 spiro atoms. The van der Waals surface area contributed by atoms with E-state index >= 15 is 0 Å². The molecule has 0 aliphatic carbocycles. The van der Waals surface area contributed by atoms with Crippen LogP contribution < -0.4 is 0 Å². The second kappa shape index (κ2) is 6.56. The predicted octanol–water partition coefficient (Wildman–Crippen LogP) is 3.33. The van der Waals surface area contributed by atoms with Gasteiger partial charge in [-0.1, -0.05) is 22.0 Å². The highest BCUT2D eigenvalue weighted by molar-refractivity contribution is 9.10. The second-order valence-corrected chi connectivity index (χ2v) is 7.66. The Labute approximate surface area is 163 Å². The summed E-state index contributed by atoms with van der Waals surface area (Å²) in [6.07, 6.45) is 0.612. The van der Waals surface area contributed by atoms with Crippen molar-refractivity contribution >= 4 is 33.7 Å². The first-order valence-corrected chi connectivity index (χ1v) is 9.39. The average molecular weight is 431 g/mol. The minimum absolute atomic E-state index is 0.293.